The molecule has 6 nitrogen and oxygen atoms in total. The van der Waals surface area contributed by atoms with Gasteiger partial charge in [0.25, 0.3) is 0 Å². The third kappa shape index (κ3) is 2.33. The van der Waals surface area contributed by atoms with Crippen molar-refractivity contribution in [3.8, 4) is 0 Å². The molecule has 0 spiro atoms. The summed E-state index contributed by atoms with van der Waals surface area (Å²) in [5, 5.41) is 23.8. The number of carboxylic acid groups (broad SMARTS) is 1. The number of thioether (sulfide) groups is 1. The largest absolute Gasteiger partial charge is 0.477 e. The molecule has 2 saturated heterocycles. The summed E-state index contributed by atoms with van der Waals surface area (Å²) in [5.74, 6) is -0.728. The van der Waals surface area contributed by atoms with Crippen LogP contribution < -0.4 is 5.32 Å². The molecule has 0 radical (unpaired) electrons. The zero-order valence-corrected chi connectivity index (χ0v) is 16.2. The highest BCUT2D eigenvalue weighted by molar-refractivity contribution is 7.98. The van der Waals surface area contributed by atoms with Crippen LogP contribution in [0.4, 0.5) is 0 Å². The second-order valence-electron chi connectivity index (χ2n) is 8.27. The molecule has 0 aromatic rings. The van der Waals surface area contributed by atoms with Crippen LogP contribution >= 0.6 is 11.8 Å². The van der Waals surface area contributed by atoms with Crippen molar-refractivity contribution in [2.45, 2.75) is 57.2 Å². The second-order valence-corrected chi connectivity index (χ2v) is 9.14. The summed E-state index contributed by atoms with van der Waals surface area (Å²) in [4.78, 5) is 26.4. The molecule has 144 valence electrons. The SMILES string of the molecule is CSC[C@@]1([C@@H]2CCCN2)CCC[C@H]2C1=C(C(=O)O)N1C(=O)[C@H]([C@@H](C)O)[C@@H]21. The van der Waals surface area contributed by atoms with Crippen LogP contribution in [-0.2, 0) is 9.59 Å². The van der Waals surface area contributed by atoms with Gasteiger partial charge in [-0.05, 0) is 51.0 Å². The van der Waals surface area contributed by atoms with Gasteiger partial charge < -0.3 is 20.4 Å². The number of β-lactam (4-membered cyclic amide) rings is 1. The molecular formula is C19H28N2O4S. The minimum absolute atomic E-state index is 0.0710. The quantitative estimate of drug-likeness (QED) is 0.626. The van der Waals surface area contributed by atoms with Crippen LogP contribution in [0.1, 0.15) is 39.0 Å². The summed E-state index contributed by atoms with van der Waals surface area (Å²) >= 11 is 1.77. The number of carbonyl (C=O) groups is 2. The van der Waals surface area contributed by atoms with Gasteiger partial charge in [-0.1, -0.05) is 6.42 Å². The van der Waals surface area contributed by atoms with Gasteiger partial charge in [-0.2, -0.15) is 11.8 Å². The Hall–Kier alpha value is -1.05. The number of nitrogens with one attached hydrogen (secondary N) is 1. The van der Waals surface area contributed by atoms with Crippen molar-refractivity contribution in [1.29, 1.82) is 0 Å². The van der Waals surface area contributed by atoms with Gasteiger partial charge in [0.1, 0.15) is 5.70 Å². The molecule has 0 bridgehead atoms. The summed E-state index contributed by atoms with van der Waals surface area (Å²) in [6.45, 7) is 2.62. The monoisotopic (exact) mass is 380 g/mol. The molecule has 7 heteroatoms. The minimum Gasteiger partial charge on any atom is -0.477 e. The Labute approximate surface area is 158 Å². The fourth-order valence-corrected chi connectivity index (χ4v) is 7.14. The fraction of sp³-hybridized carbons (Fsp3) is 0.789. The fourth-order valence-electron chi connectivity index (χ4n) is 6.13. The lowest BCUT2D eigenvalue weighted by Crippen LogP contribution is -2.64. The molecule has 3 heterocycles. The number of aliphatic carboxylic acids is 1. The Morgan fingerprint density at radius 3 is 2.77 bits per heavy atom. The van der Waals surface area contributed by atoms with E-state index >= 15 is 0 Å². The Bertz CT molecular complexity index is 654. The van der Waals surface area contributed by atoms with Gasteiger partial charge in [-0.15, -0.1) is 0 Å². The van der Waals surface area contributed by atoms with Crippen LogP contribution in [-0.4, -0.2) is 63.7 Å². The lowest BCUT2D eigenvalue weighted by Gasteiger charge is -2.50. The van der Waals surface area contributed by atoms with Crippen molar-refractivity contribution >= 4 is 23.6 Å². The lowest BCUT2D eigenvalue weighted by atomic mass is 9.60. The smallest absolute Gasteiger partial charge is 0.352 e. The number of fused-ring (bicyclic) bond motifs is 3. The van der Waals surface area contributed by atoms with E-state index in [-0.39, 0.29) is 35.0 Å². The molecule has 3 fully saturated rings. The zero-order chi connectivity index (χ0) is 18.6. The zero-order valence-electron chi connectivity index (χ0n) is 15.4. The Balaban J connectivity index is 1.84. The van der Waals surface area contributed by atoms with E-state index < -0.39 is 18.0 Å². The van der Waals surface area contributed by atoms with Crippen LogP contribution in [0.15, 0.2) is 11.3 Å². The molecule has 1 saturated carbocycles. The number of hydrogen-bond donors (Lipinski definition) is 3. The molecular weight excluding hydrogens is 352 g/mol. The predicted octanol–water partition coefficient (Wildman–Crippen LogP) is 1.45. The first kappa shape index (κ1) is 18.3. The standard InChI is InChI=1S/C19H28N2O4S/c1-10(22)13-15-11-5-3-7-19(9-26-2,12-6-4-8-20-12)14(11)16(18(24)25)21(15)17(13)23/h10-13,15,20,22H,3-9H2,1-2H3,(H,24,25)/t10-,11+,12+,13-,15-,19-/m1/s1. The van der Waals surface area contributed by atoms with Crippen LogP contribution in [0.25, 0.3) is 0 Å². The molecule has 3 aliphatic heterocycles. The number of carboxylic acids is 1. The number of nitrogens with zero attached hydrogens (tertiary/aromatic N) is 1. The molecule has 1 aliphatic carbocycles. The third-order valence-electron chi connectivity index (χ3n) is 6.99. The number of aliphatic hydroxyl groups excluding tert-OH is 1. The van der Waals surface area contributed by atoms with E-state index in [9.17, 15) is 19.8 Å². The first-order valence-electron chi connectivity index (χ1n) is 9.65. The van der Waals surface area contributed by atoms with E-state index in [0.717, 1.165) is 50.0 Å². The van der Waals surface area contributed by atoms with Crippen LogP contribution in [0.3, 0.4) is 0 Å². The highest BCUT2D eigenvalue weighted by atomic mass is 32.2. The van der Waals surface area contributed by atoms with Crippen LogP contribution in [0, 0.1) is 17.3 Å². The summed E-state index contributed by atoms with van der Waals surface area (Å²) < 4.78 is 0. The minimum atomic E-state index is -0.990. The molecule has 4 aliphatic rings. The maximum absolute atomic E-state index is 12.7. The Morgan fingerprint density at radius 2 is 2.19 bits per heavy atom. The summed E-state index contributed by atoms with van der Waals surface area (Å²) in [5.41, 5.74) is 1.02. The van der Waals surface area contributed by atoms with Gasteiger partial charge in [-0.3, -0.25) is 4.79 Å². The van der Waals surface area contributed by atoms with E-state index in [2.05, 4.69) is 11.6 Å². The van der Waals surface area contributed by atoms with Gasteiger partial charge >= 0.3 is 5.97 Å². The van der Waals surface area contributed by atoms with Crippen LogP contribution in [0.5, 0.6) is 0 Å². The number of amides is 1. The van der Waals surface area contributed by atoms with Crippen molar-refractivity contribution in [3.05, 3.63) is 11.3 Å². The first-order chi connectivity index (χ1) is 12.4. The highest BCUT2D eigenvalue weighted by Crippen LogP contribution is 2.60. The molecule has 3 N–H and O–H groups in total. The maximum Gasteiger partial charge on any atom is 0.352 e. The third-order valence-corrected chi connectivity index (χ3v) is 7.80. The van der Waals surface area contributed by atoms with Gasteiger partial charge in [0, 0.05) is 23.1 Å². The number of carbonyl (C=O) groups excluding carboxylic acids is 1. The summed E-state index contributed by atoms with van der Waals surface area (Å²) in [6, 6.07) is 0.104. The van der Waals surface area contributed by atoms with Crippen molar-refractivity contribution in [2.75, 3.05) is 18.6 Å². The average molecular weight is 381 g/mol. The average Bonchev–Trinajstić information content (AvgIpc) is 3.20. The van der Waals surface area contributed by atoms with Crippen LogP contribution in [0.2, 0.25) is 0 Å². The lowest BCUT2D eigenvalue weighted by molar-refractivity contribution is -0.163. The summed E-state index contributed by atoms with van der Waals surface area (Å²) in [7, 11) is 0. The van der Waals surface area contributed by atoms with Gasteiger partial charge in [0.15, 0.2) is 0 Å². The normalized spacial score (nSPS) is 40.3. The molecule has 0 aromatic carbocycles. The number of rotatable bonds is 5. The van der Waals surface area contributed by atoms with Crippen molar-refractivity contribution in [1.82, 2.24) is 10.2 Å². The molecule has 0 aromatic heterocycles. The highest BCUT2D eigenvalue weighted by Gasteiger charge is 2.65. The maximum atomic E-state index is 12.7. The van der Waals surface area contributed by atoms with Gasteiger partial charge in [-0.25, -0.2) is 4.79 Å². The molecule has 6 atom stereocenters. The van der Waals surface area contributed by atoms with E-state index in [0.29, 0.717) is 0 Å². The Morgan fingerprint density at radius 1 is 1.42 bits per heavy atom. The Kier molecular flexibility index (Phi) is 4.60. The topological polar surface area (TPSA) is 89.9 Å². The first-order valence-corrected chi connectivity index (χ1v) is 11.0. The van der Waals surface area contributed by atoms with E-state index in [4.69, 9.17) is 0 Å². The van der Waals surface area contributed by atoms with E-state index in [1.807, 2.05) is 0 Å². The molecule has 4 rings (SSSR count). The van der Waals surface area contributed by atoms with E-state index in [1.165, 1.54) is 4.90 Å². The predicted molar refractivity (Wildman–Crippen MR) is 99.6 cm³/mol. The second kappa shape index (κ2) is 6.53. The molecule has 26 heavy (non-hydrogen) atoms. The van der Waals surface area contributed by atoms with Gasteiger partial charge in [0.2, 0.25) is 5.91 Å². The summed E-state index contributed by atoms with van der Waals surface area (Å²) in [6.07, 6.45) is 6.44. The van der Waals surface area contributed by atoms with E-state index in [1.54, 1.807) is 18.7 Å². The number of hydrogen-bond acceptors (Lipinski definition) is 5. The van der Waals surface area contributed by atoms with Crippen molar-refractivity contribution < 1.29 is 19.8 Å². The molecule has 1 amide bonds. The number of aliphatic hydroxyl groups is 1. The van der Waals surface area contributed by atoms with Crippen molar-refractivity contribution in [3.63, 3.8) is 0 Å². The van der Waals surface area contributed by atoms with Crippen molar-refractivity contribution in [2.24, 2.45) is 17.3 Å². The van der Waals surface area contributed by atoms with Gasteiger partial charge in [0.05, 0.1) is 18.1 Å². The molecule has 0 unspecified atom stereocenters.